The zero-order valence-corrected chi connectivity index (χ0v) is 11.8. The summed E-state index contributed by atoms with van der Waals surface area (Å²) < 4.78 is 5.93. The highest BCUT2D eigenvalue weighted by atomic mass is 79.9. The van der Waals surface area contributed by atoms with Crippen LogP contribution in [0, 0.1) is 6.92 Å². The van der Waals surface area contributed by atoms with Gasteiger partial charge >= 0.3 is 0 Å². The molecule has 0 spiro atoms. The lowest BCUT2D eigenvalue weighted by molar-refractivity contribution is 0.369. The summed E-state index contributed by atoms with van der Waals surface area (Å²) >= 11 is 3.50. The number of hydrogen-bond donors (Lipinski definition) is 2. The summed E-state index contributed by atoms with van der Waals surface area (Å²) in [6, 6.07) is 1.91. The molecule has 17 heavy (non-hydrogen) atoms. The first kappa shape index (κ1) is 12.7. The van der Waals surface area contributed by atoms with Gasteiger partial charge < -0.3 is 15.2 Å². The molecule has 0 amide bonds. The summed E-state index contributed by atoms with van der Waals surface area (Å²) in [5.41, 5.74) is 2.37. The zero-order chi connectivity index (χ0) is 12.4. The molecule has 1 fully saturated rings. The molecule has 3 nitrogen and oxygen atoms in total. The molecule has 0 aliphatic carbocycles. The first-order valence-corrected chi connectivity index (χ1v) is 6.71. The number of ether oxygens (including phenoxy) is 1. The number of phenolic OH excluding ortho intramolecular Hbond substituents is 1. The Bertz CT molecular complexity index is 414. The summed E-state index contributed by atoms with van der Waals surface area (Å²) in [5.74, 6) is 1.20. The number of aryl methyl sites for hydroxylation is 1. The van der Waals surface area contributed by atoms with Crippen molar-refractivity contribution < 1.29 is 9.84 Å². The maximum Gasteiger partial charge on any atom is 0.172 e. The average Bonchev–Trinajstić information content (AvgIpc) is 2.35. The van der Waals surface area contributed by atoms with Crippen molar-refractivity contribution in [2.45, 2.75) is 25.7 Å². The van der Waals surface area contributed by atoms with Crippen LogP contribution < -0.4 is 10.1 Å². The molecule has 1 saturated heterocycles. The first-order valence-electron chi connectivity index (χ1n) is 5.91. The van der Waals surface area contributed by atoms with Gasteiger partial charge in [0.1, 0.15) is 0 Å². The van der Waals surface area contributed by atoms with Crippen LogP contribution in [0.1, 0.15) is 29.9 Å². The standard InChI is InChI=1S/C13H18BrNO2/c1-8-6-10(17-2)13(16)12(14)11(8)9-4-3-5-15-7-9/h6,9,15-16H,3-5,7H2,1-2H3. The van der Waals surface area contributed by atoms with E-state index < -0.39 is 0 Å². The Morgan fingerprint density at radius 3 is 2.88 bits per heavy atom. The number of nitrogens with one attached hydrogen (secondary N) is 1. The zero-order valence-electron chi connectivity index (χ0n) is 10.2. The number of piperidine rings is 1. The highest BCUT2D eigenvalue weighted by Crippen LogP contribution is 2.43. The maximum absolute atomic E-state index is 10.0. The SMILES string of the molecule is COc1cc(C)c(C2CCCNC2)c(Br)c1O. The van der Waals surface area contributed by atoms with Crippen LogP contribution in [0.4, 0.5) is 0 Å². The van der Waals surface area contributed by atoms with Crippen molar-refractivity contribution in [3.8, 4) is 11.5 Å². The monoisotopic (exact) mass is 299 g/mol. The molecule has 1 aliphatic rings. The second-order valence-corrected chi connectivity index (χ2v) is 5.31. The highest BCUT2D eigenvalue weighted by Gasteiger charge is 2.23. The molecule has 2 N–H and O–H groups in total. The maximum atomic E-state index is 10.0. The predicted molar refractivity (Wildman–Crippen MR) is 71.9 cm³/mol. The van der Waals surface area contributed by atoms with E-state index in [1.165, 1.54) is 17.5 Å². The minimum Gasteiger partial charge on any atom is -0.503 e. The summed E-state index contributed by atoms with van der Waals surface area (Å²) in [5, 5.41) is 13.4. The van der Waals surface area contributed by atoms with E-state index in [1.54, 1.807) is 7.11 Å². The van der Waals surface area contributed by atoms with Crippen molar-refractivity contribution in [1.82, 2.24) is 5.32 Å². The van der Waals surface area contributed by atoms with Crippen molar-refractivity contribution in [2.24, 2.45) is 0 Å². The third kappa shape index (κ3) is 2.43. The highest BCUT2D eigenvalue weighted by molar-refractivity contribution is 9.10. The van der Waals surface area contributed by atoms with Gasteiger partial charge in [-0.3, -0.25) is 0 Å². The van der Waals surface area contributed by atoms with Gasteiger partial charge in [-0.25, -0.2) is 0 Å². The molecule has 4 heteroatoms. The molecule has 1 unspecified atom stereocenters. The first-order chi connectivity index (χ1) is 8.15. The van der Waals surface area contributed by atoms with E-state index >= 15 is 0 Å². The van der Waals surface area contributed by atoms with Crippen LogP contribution in [-0.4, -0.2) is 25.3 Å². The Balaban J connectivity index is 2.42. The van der Waals surface area contributed by atoms with Gasteiger partial charge in [-0.2, -0.15) is 0 Å². The summed E-state index contributed by atoms with van der Waals surface area (Å²) in [7, 11) is 1.57. The fraction of sp³-hybridized carbons (Fsp3) is 0.538. The van der Waals surface area contributed by atoms with Gasteiger partial charge in [0, 0.05) is 6.54 Å². The minimum absolute atomic E-state index is 0.207. The van der Waals surface area contributed by atoms with Crippen LogP contribution in [0.25, 0.3) is 0 Å². The minimum atomic E-state index is 0.207. The molecule has 1 aromatic rings. The Kier molecular flexibility index (Phi) is 3.94. The topological polar surface area (TPSA) is 41.5 Å². The smallest absolute Gasteiger partial charge is 0.172 e. The molecular weight excluding hydrogens is 282 g/mol. The second kappa shape index (κ2) is 5.27. The van der Waals surface area contributed by atoms with Crippen LogP contribution in [0.3, 0.4) is 0 Å². The Hall–Kier alpha value is -0.740. The van der Waals surface area contributed by atoms with Crippen molar-refractivity contribution >= 4 is 15.9 Å². The molecule has 1 atom stereocenters. The quantitative estimate of drug-likeness (QED) is 0.882. The lowest BCUT2D eigenvalue weighted by atomic mass is 9.88. The summed E-state index contributed by atoms with van der Waals surface area (Å²) in [6.07, 6.45) is 2.35. The van der Waals surface area contributed by atoms with Gasteiger partial charge in [0.25, 0.3) is 0 Å². The van der Waals surface area contributed by atoms with E-state index in [-0.39, 0.29) is 5.75 Å². The van der Waals surface area contributed by atoms with Gasteiger partial charge in [-0.1, -0.05) is 0 Å². The van der Waals surface area contributed by atoms with E-state index in [0.717, 1.165) is 24.0 Å². The molecule has 0 bridgehead atoms. The van der Waals surface area contributed by atoms with Gasteiger partial charge in [0.05, 0.1) is 11.6 Å². The second-order valence-electron chi connectivity index (χ2n) is 4.52. The van der Waals surface area contributed by atoms with Gasteiger partial charge in [0.15, 0.2) is 11.5 Å². The number of phenols is 1. The number of aromatic hydroxyl groups is 1. The van der Waals surface area contributed by atoms with E-state index in [9.17, 15) is 5.11 Å². The summed E-state index contributed by atoms with van der Waals surface area (Å²) in [4.78, 5) is 0. The van der Waals surface area contributed by atoms with Crippen LogP contribution in [-0.2, 0) is 0 Å². The molecule has 0 aromatic heterocycles. The molecule has 1 aromatic carbocycles. The molecule has 0 saturated carbocycles. The van der Waals surface area contributed by atoms with Crippen molar-refractivity contribution in [1.29, 1.82) is 0 Å². The van der Waals surface area contributed by atoms with Gasteiger partial charge in [0.2, 0.25) is 0 Å². The Morgan fingerprint density at radius 1 is 1.53 bits per heavy atom. The largest absolute Gasteiger partial charge is 0.503 e. The fourth-order valence-electron chi connectivity index (χ4n) is 2.51. The number of hydrogen-bond acceptors (Lipinski definition) is 3. The molecule has 0 radical (unpaired) electrons. The van der Waals surface area contributed by atoms with Crippen LogP contribution in [0.2, 0.25) is 0 Å². The Labute approximate surface area is 110 Å². The average molecular weight is 300 g/mol. The molecule has 94 valence electrons. The summed E-state index contributed by atoms with van der Waals surface area (Å²) in [6.45, 7) is 4.14. The normalized spacial score (nSPS) is 20.3. The van der Waals surface area contributed by atoms with E-state index in [2.05, 4.69) is 28.2 Å². The number of rotatable bonds is 2. The third-order valence-electron chi connectivity index (χ3n) is 3.38. The van der Waals surface area contributed by atoms with E-state index in [1.807, 2.05) is 6.07 Å². The van der Waals surface area contributed by atoms with Crippen LogP contribution in [0.15, 0.2) is 10.5 Å². The van der Waals surface area contributed by atoms with Crippen molar-refractivity contribution in [2.75, 3.05) is 20.2 Å². The number of halogens is 1. The fourth-order valence-corrected chi connectivity index (χ4v) is 3.34. The van der Waals surface area contributed by atoms with Gasteiger partial charge in [-0.05, 0) is 65.4 Å². The van der Waals surface area contributed by atoms with Crippen LogP contribution in [0.5, 0.6) is 11.5 Å². The lowest BCUT2D eigenvalue weighted by Crippen LogP contribution is -2.29. The number of benzene rings is 1. The molecule has 1 aliphatic heterocycles. The van der Waals surface area contributed by atoms with Gasteiger partial charge in [-0.15, -0.1) is 0 Å². The third-order valence-corrected chi connectivity index (χ3v) is 4.18. The van der Waals surface area contributed by atoms with E-state index in [4.69, 9.17) is 4.74 Å². The van der Waals surface area contributed by atoms with Crippen molar-refractivity contribution in [3.63, 3.8) is 0 Å². The van der Waals surface area contributed by atoms with Crippen LogP contribution >= 0.6 is 15.9 Å². The van der Waals surface area contributed by atoms with Crippen molar-refractivity contribution in [3.05, 3.63) is 21.7 Å². The predicted octanol–water partition coefficient (Wildman–Crippen LogP) is 2.94. The number of methoxy groups -OCH3 is 1. The molecular formula is C13H18BrNO2. The lowest BCUT2D eigenvalue weighted by Gasteiger charge is -2.26. The Morgan fingerprint density at radius 2 is 2.29 bits per heavy atom. The molecule has 2 rings (SSSR count). The van der Waals surface area contributed by atoms with E-state index in [0.29, 0.717) is 11.7 Å². The molecule has 1 heterocycles.